The van der Waals surface area contributed by atoms with Crippen molar-refractivity contribution in [3.63, 3.8) is 0 Å². The van der Waals surface area contributed by atoms with Crippen LogP contribution in [0.2, 0.25) is 0 Å². The molecule has 3 rings (SSSR count). The molecule has 0 bridgehead atoms. The van der Waals surface area contributed by atoms with Crippen LogP contribution in [0.3, 0.4) is 0 Å². The molecule has 0 N–H and O–H groups in total. The highest BCUT2D eigenvalue weighted by Gasteiger charge is 2.18. The highest BCUT2D eigenvalue weighted by Crippen LogP contribution is 2.23. The van der Waals surface area contributed by atoms with Crippen LogP contribution in [0.25, 0.3) is 11.4 Å². The predicted molar refractivity (Wildman–Crippen MR) is 69.3 cm³/mol. The summed E-state index contributed by atoms with van der Waals surface area (Å²) >= 11 is 0. The maximum absolute atomic E-state index is 13.2. The summed E-state index contributed by atoms with van der Waals surface area (Å²) in [4.78, 5) is 20.2. The fraction of sp³-hybridized carbons (Fsp3) is 0.267. The Balaban J connectivity index is 2.07. The number of hydrogen-bond acceptors (Lipinski definition) is 3. The topological polar surface area (TPSA) is 42.9 Å². The lowest BCUT2D eigenvalue weighted by atomic mass is 10.1. The van der Waals surface area contributed by atoms with Gasteiger partial charge in [-0.2, -0.15) is 0 Å². The first-order valence-electron chi connectivity index (χ1n) is 6.49. The molecule has 1 aromatic heterocycles. The van der Waals surface area contributed by atoms with Crippen LogP contribution in [0.15, 0.2) is 24.4 Å². The van der Waals surface area contributed by atoms with Gasteiger partial charge in [0.05, 0.1) is 11.3 Å². The molecule has 2 aromatic rings. The van der Waals surface area contributed by atoms with Crippen LogP contribution in [0.4, 0.5) is 8.78 Å². The Bertz CT molecular complexity index is 665. The molecule has 0 radical (unpaired) electrons. The van der Waals surface area contributed by atoms with Crippen molar-refractivity contribution in [2.75, 3.05) is 0 Å². The number of carbonyl (C=O) groups is 1. The molecular weight excluding hydrogens is 262 g/mol. The Hall–Kier alpha value is -2.17. The number of aromatic nitrogens is 2. The molecule has 0 amide bonds. The van der Waals surface area contributed by atoms with E-state index in [9.17, 15) is 13.6 Å². The summed E-state index contributed by atoms with van der Waals surface area (Å²) in [6, 6.07) is 3.17. The van der Waals surface area contributed by atoms with Crippen LogP contribution in [-0.2, 0) is 6.42 Å². The number of ketones is 1. The van der Waals surface area contributed by atoms with E-state index in [4.69, 9.17) is 0 Å². The molecule has 0 aliphatic heterocycles. The summed E-state index contributed by atoms with van der Waals surface area (Å²) in [5, 5.41) is 0. The Kier molecular flexibility index (Phi) is 3.26. The van der Waals surface area contributed by atoms with Crippen molar-refractivity contribution in [2.45, 2.75) is 25.7 Å². The lowest BCUT2D eigenvalue weighted by Gasteiger charge is -2.06. The standard InChI is InChI=1S/C15H12F2N2O/c16-10-5-9(6-11(17)7-10)15-18-8-12-13(19-15)3-1-2-4-14(12)20/h5-8H,1-4H2. The van der Waals surface area contributed by atoms with Crippen LogP contribution in [-0.4, -0.2) is 15.8 Å². The van der Waals surface area contributed by atoms with E-state index in [-0.39, 0.29) is 17.2 Å². The fourth-order valence-electron chi connectivity index (χ4n) is 2.38. The summed E-state index contributed by atoms with van der Waals surface area (Å²) < 4.78 is 26.5. The zero-order valence-corrected chi connectivity index (χ0v) is 10.7. The van der Waals surface area contributed by atoms with Crippen LogP contribution < -0.4 is 0 Å². The van der Waals surface area contributed by atoms with Gasteiger partial charge in [-0.1, -0.05) is 0 Å². The number of aryl methyl sites for hydroxylation is 1. The molecule has 3 nitrogen and oxygen atoms in total. The molecule has 5 heteroatoms. The van der Waals surface area contributed by atoms with Crippen molar-refractivity contribution in [1.82, 2.24) is 9.97 Å². The third-order valence-corrected chi connectivity index (χ3v) is 3.36. The summed E-state index contributed by atoms with van der Waals surface area (Å²) in [6.45, 7) is 0. The van der Waals surface area contributed by atoms with Gasteiger partial charge in [0.15, 0.2) is 11.6 Å². The number of rotatable bonds is 1. The predicted octanol–water partition coefficient (Wildman–Crippen LogP) is 3.33. The molecule has 0 spiro atoms. The smallest absolute Gasteiger partial charge is 0.166 e. The number of benzene rings is 1. The van der Waals surface area contributed by atoms with Crippen molar-refractivity contribution in [2.24, 2.45) is 0 Å². The van der Waals surface area contributed by atoms with Gasteiger partial charge in [-0.15, -0.1) is 0 Å². The highest BCUT2D eigenvalue weighted by molar-refractivity contribution is 5.97. The zero-order chi connectivity index (χ0) is 14.1. The highest BCUT2D eigenvalue weighted by atomic mass is 19.1. The number of halogens is 2. The van der Waals surface area contributed by atoms with Crippen molar-refractivity contribution < 1.29 is 13.6 Å². The van der Waals surface area contributed by atoms with Gasteiger partial charge in [0.1, 0.15) is 11.6 Å². The zero-order valence-electron chi connectivity index (χ0n) is 10.7. The number of hydrogen-bond donors (Lipinski definition) is 0. The van der Waals surface area contributed by atoms with Crippen molar-refractivity contribution in [1.29, 1.82) is 0 Å². The van der Waals surface area contributed by atoms with E-state index in [0.29, 0.717) is 24.1 Å². The fourth-order valence-corrected chi connectivity index (χ4v) is 2.38. The Morgan fingerprint density at radius 2 is 1.70 bits per heavy atom. The second-order valence-corrected chi connectivity index (χ2v) is 4.84. The molecule has 0 fully saturated rings. The first-order valence-corrected chi connectivity index (χ1v) is 6.49. The molecule has 102 valence electrons. The Morgan fingerprint density at radius 1 is 1.00 bits per heavy atom. The van der Waals surface area contributed by atoms with E-state index in [2.05, 4.69) is 9.97 Å². The average molecular weight is 274 g/mol. The van der Waals surface area contributed by atoms with Gasteiger partial charge in [0.2, 0.25) is 0 Å². The second kappa shape index (κ2) is 5.07. The second-order valence-electron chi connectivity index (χ2n) is 4.84. The number of nitrogens with zero attached hydrogens (tertiary/aromatic N) is 2. The monoisotopic (exact) mass is 274 g/mol. The maximum atomic E-state index is 13.2. The molecule has 1 heterocycles. The molecule has 1 aromatic carbocycles. The van der Waals surface area contributed by atoms with Crippen LogP contribution in [0.5, 0.6) is 0 Å². The van der Waals surface area contributed by atoms with Crippen LogP contribution >= 0.6 is 0 Å². The molecular formula is C15H12F2N2O. The van der Waals surface area contributed by atoms with Gasteiger partial charge in [0, 0.05) is 24.2 Å². The quantitative estimate of drug-likeness (QED) is 0.749. The van der Waals surface area contributed by atoms with E-state index in [1.165, 1.54) is 18.3 Å². The summed E-state index contributed by atoms with van der Waals surface area (Å²) in [5.41, 5.74) is 1.48. The molecule has 0 unspecified atom stereocenters. The molecule has 0 atom stereocenters. The van der Waals surface area contributed by atoms with E-state index < -0.39 is 11.6 Å². The maximum Gasteiger partial charge on any atom is 0.166 e. The first kappa shape index (κ1) is 12.8. The van der Waals surface area contributed by atoms with Crippen molar-refractivity contribution >= 4 is 5.78 Å². The SMILES string of the molecule is O=C1CCCCc2nc(-c3cc(F)cc(F)c3)ncc21. The number of fused-ring (bicyclic) bond motifs is 1. The summed E-state index contributed by atoms with van der Waals surface area (Å²) in [6.07, 6.45) is 4.37. The summed E-state index contributed by atoms with van der Waals surface area (Å²) in [7, 11) is 0. The molecule has 0 saturated heterocycles. The van der Waals surface area contributed by atoms with E-state index in [1.807, 2.05) is 0 Å². The summed E-state index contributed by atoms with van der Waals surface area (Å²) in [5.74, 6) is -1.06. The minimum absolute atomic E-state index is 0.0365. The van der Waals surface area contributed by atoms with Gasteiger partial charge in [0.25, 0.3) is 0 Å². The van der Waals surface area contributed by atoms with Gasteiger partial charge in [-0.05, 0) is 31.4 Å². The van der Waals surface area contributed by atoms with Gasteiger partial charge >= 0.3 is 0 Å². The lowest BCUT2D eigenvalue weighted by Crippen LogP contribution is -2.05. The Labute approximate surface area is 114 Å². The third-order valence-electron chi connectivity index (χ3n) is 3.36. The van der Waals surface area contributed by atoms with E-state index >= 15 is 0 Å². The number of Topliss-reactive ketones (excluding diaryl/α,β-unsaturated/α-hetero) is 1. The lowest BCUT2D eigenvalue weighted by molar-refractivity contribution is 0.0981. The third kappa shape index (κ3) is 2.43. The number of carbonyl (C=O) groups excluding carboxylic acids is 1. The van der Waals surface area contributed by atoms with E-state index in [1.54, 1.807) is 0 Å². The minimum Gasteiger partial charge on any atom is -0.294 e. The Morgan fingerprint density at radius 3 is 2.45 bits per heavy atom. The van der Waals surface area contributed by atoms with Gasteiger partial charge < -0.3 is 0 Å². The van der Waals surface area contributed by atoms with Crippen molar-refractivity contribution in [3.05, 3.63) is 47.3 Å². The average Bonchev–Trinajstić information content (AvgIpc) is 2.59. The van der Waals surface area contributed by atoms with Crippen LogP contribution in [0.1, 0.15) is 35.3 Å². The van der Waals surface area contributed by atoms with Crippen LogP contribution in [0, 0.1) is 11.6 Å². The van der Waals surface area contributed by atoms with Gasteiger partial charge in [-0.3, -0.25) is 4.79 Å². The minimum atomic E-state index is -0.672. The molecule has 1 aliphatic rings. The molecule has 0 saturated carbocycles. The van der Waals surface area contributed by atoms with E-state index in [0.717, 1.165) is 18.9 Å². The largest absolute Gasteiger partial charge is 0.294 e. The van der Waals surface area contributed by atoms with Crippen molar-refractivity contribution in [3.8, 4) is 11.4 Å². The molecule has 1 aliphatic carbocycles. The normalized spacial score (nSPS) is 14.8. The van der Waals surface area contributed by atoms with Gasteiger partial charge in [-0.25, -0.2) is 18.7 Å². The molecule has 20 heavy (non-hydrogen) atoms. The first-order chi connectivity index (χ1) is 9.63.